The van der Waals surface area contributed by atoms with Crippen LogP contribution < -0.4 is 15.6 Å². The Kier molecular flexibility index (Phi) is 7.07. The van der Waals surface area contributed by atoms with E-state index in [9.17, 15) is 4.79 Å². The predicted octanol–water partition coefficient (Wildman–Crippen LogP) is 3.90. The first kappa shape index (κ1) is 22.3. The van der Waals surface area contributed by atoms with Crippen molar-refractivity contribution in [3.8, 4) is 5.75 Å². The van der Waals surface area contributed by atoms with E-state index in [0.717, 1.165) is 47.2 Å². The third-order valence-corrected chi connectivity index (χ3v) is 6.25. The number of benzene rings is 2. The summed E-state index contributed by atoms with van der Waals surface area (Å²) in [4.78, 5) is 17.9. The summed E-state index contributed by atoms with van der Waals surface area (Å²) in [6, 6.07) is 15.9. The number of nitrogens with one attached hydrogen (secondary N) is 2. The summed E-state index contributed by atoms with van der Waals surface area (Å²) in [7, 11) is 1.65. The molecule has 1 aromatic heterocycles. The molecule has 1 aliphatic rings. The molecule has 7 heteroatoms. The molecule has 1 fully saturated rings. The summed E-state index contributed by atoms with van der Waals surface area (Å²) in [5.41, 5.74) is 3.60. The average molecular weight is 452 g/mol. The standard InChI is InChI=1S/C25H29N3O3S/c1-17-5-3-6-19-13-20(24(29)27-23(17)19)16-28(15-18-8-10-21(30-2)11-9-18)25(32)26-14-22-7-4-12-31-22/h3,5-6,8-11,13,22H,4,7,12,14-16H2,1-2H3,(H,26,32)(H,27,29)/t22-/m1/s1. The zero-order chi connectivity index (χ0) is 22.5. The van der Waals surface area contributed by atoms with E-state index < -0.39 is 0 Å². The van der Waals surface area contributed by atoms with Crippen LogP contribution in [0.2, 0.25) is 0 Å². The van der Waals surface area contributed by atoms with Crippen molar-refractivity contribution >= 4 is 28.2 Å². The summed E-state index contributed by atoms with van der Waals surface area (Å²) < 4.78 is 11.0. The summed E-state index contributed by atoms with van der Waals surface area (Å²) in [5, 5.41) is 4.98. The van der Waals surface area contributed by atoms with Crippen molar-refractivity contribution in [2.24, 2.45) is 0 Å². The van der Waals surface area contributed by atoms with Gasteiger partial charge in [0.2, 0.25) is 0 Å². The molecule has 0 radical (unpaired) electrons. The Morgan fingerprint density at radius 1 is 1.25 bits per heavy atom. The van der Waals surface area contributed by atoms with Crippen molar-refractivity contribution in [2.75, 3.05) is 20.3 Å². The predicted molar refractivity (Wildman–Crippen MR) is 131 cm³/mol. The molecule has 0 spiro atoms. The lowest BCUT2D eigenvalue weighted by Crippen LogP contribution is -2.42. The van der Waals surface area contributed by atoms with Gasteiger partial charge in [-0.05, 0) is 66.7 Å². The van der Waals surface area contributed by atoms with Crippen molar-refractivity contribution in [1.29, 1.82) is 0 Å². The first-order chi connectivity index (χ1) is 15.5. The van der Waals surface area contributed by atoms with Gasteiger partial charge in [-0.15, -0.1) is 0 Å². The van der Waals surface area contributed by atoms with Gasteiger partial charge in [-0.1, -0.05) is 30.3 Å². The van der Waals surface area contributed by atoms with E-state index in [2.05, 4.69) is 10.3 Å². The molecule has 6 nitrogen and oxygen atoms in total. The maximum Gasteiger partial charge on any atom is 0.253 e. The molecule has 1 saturated heterocycles. The molecule has 1 aliphatic heterocycles. The second-order valence-electron chi connectivity index (χ2n) is 8.19. The summed E-state index contributed by atoms with van der Waals surface area (Å²) >= 11 is 5.74. The second-order valence-corrected chi connectivity index (χ2v) is 8.57. The topological polar surface area (TPSA) is 66.6 Å². The molecule has 4 rings (SSSR count). The number of nitrogens with zero attached hydrogens (tertiary/aromatic N) is 1. The van der Waals surface area contributed by atoms with Gasteiger partial charge >= 0.3 is 0 Å². The molecule has 168 valence electrons. The van der Waals surface area contributed by atoms with Crippen molar-refractivity contribution < 1.29 is 9.47 Å². The van der Waals surface area contributed by atoms with Gasteiger partial charge in [0.25, 0.3) is 5.56 Å². The molecule has 2 N–H and O–H groups in total. The normalized spacial score (nSPS) is 15.6. The van der Waals surface area contributed by atoms with E-state index >= 15 is 0 Å². The minimum Gasteiger partial charge on any atom is -0.497 e. The van der Waals surface area contributed by atoms with Crippen LogP contribution in [0.1, 0.15) is 29.5 Å². The highest BCUT2D eigenvalue weighted by molar-refractivity contribution is 7.80. The van der Waals surface area contributed by atoms with Crippen molar-refractivity contribution in [3.05, 3.63) is 75.6 Å². The molecule has 0 aliphatic carbocycles. The third kappa shape index (κ3) is 5.29. The number of thiocarbonyl (C=S) groups is 1. The van der Waals surface area contributed by atoms with Gasteiger partial charge in [0, 0.05) is 25.3 Å². The number of H-pyrrole nitrogens is 1. The van der Waals surface area contributed by atoms with Crippen LogP contribution in [0.15, 0.2) is 53.3 Å². The minimum absolute atomic E-state index is 0.0894. The summed E-state index contributed by atoms with van der Waals surface area (Å²) in [6.07, 6.45) is 2.31. The highest BCUT2D eigenvalue weighted by Crippen LogP contribution is 2.18. The fourth-order valence-electron chi connectivity index (χ4n) is 4.02. The van der Waals surface area contributed by atoms with Crippen LogP contribution in [0.25, 0.3) is 10.9 Å². The number of aromatic nitrogens is 1. The van der Waals surface area contributed by atoms with Gasteiger partial charge in [0.05, 0.1) is 25.3 Å². The first-order valence-electron chi connectivity index (χ1n) is 10.9. The molecule has 0 unspecified atom stereocenters. The quantitative estimate of drug-likeness (QED) is 0.531. The Labute approximate surface area is 193 Å². The highest BCUT2D eigenvalue weighted by Gasteiger charge is 2.19. The number of aromatic amines is 1. The van der Waals surface area contributed by atoms with Crippen LogP contribution in [-0.2, 0) is 17.8 Å². The Morgan fingerprint density at radius 2 is 2.06 bits per heavy atom. The Balaban J connectivity index is 1.57. The van der Waals surface area contributed by atoms with Crippen LogP contribution in [-0.4, -0.2) is 41.4 Å². The van der Waals surface area contributed by atoms with Gasteiger partial charge in [-0.2, -0.15) is 0 Å². The minimum atomic E-state index is -0.0894. The number of pyridine rings is 1. The van der Waals surface area contributed by atoms with Crippen LogP contribution in [0.3, 0.4) is 0 Å². The maximum absolute atomic E-state index is 12.9. The zero-order valence-corrected chi connectivity index (χ0v) is 19.3. The lowest BCUT2D eigenvalue weighted by Gasteiger charge is -2.27. The number of ether oxygens (including phenoxy) is 2. The number of para-hydroxylation sites is 1. The fraction of sp³-hybridized carbons (Fsp3) is 0.360. The van der Waals surface area contributed by atoms with Crippen molar-refractivity contribution in [3.63, 3.8) is 0 Å². The van der Waals surface area contributed by atoms with Gasteiger partial charge in [-0.25, -0.2) is 0 Å². The Bertz CT molecular complexity index is 1140. The SMILES string of the molecule is COc1ccc(CN(Cc2cc3cccc(C)c3[nH]c2=O)C(=S)NC[C@H]2CCCO2)cc1. The van der Waals surface area contributed by atoms with Crippen molar-refractivity contribution in [2.45, 2.75) is 39.0 Å². The van der Waals surface area contributed by atoms with E-state index in [4.69, 9.17) is 21.7 Å². The molecular formula is C25H29N3O3S. The number of fused-ring (bicyclic) bond motifs is 1. The lowest BCUT2D eigenvalue weighted by molar-refractivity contribution is 0.113. The zero-order valence-electron chi connectivity index (χ0n) is 18.5. The number of methoxy groups -OCH3 is 1. The van der Waals surface area contributed by atoms with E-state index in [1.54, 1.807) is 7.11 Å². The highest BCUT2D eigenvalue weighted by atomic mass is 32.1. The monoisotopic (exact) mass is 451 g/mol. The largest absolute Gasteiger partial charge is 0.497 e. The summed E-state index contributed by atoms with van der Waals surface area (Å²) in [5.74, 6) is 0.806. The van der Waals surface area contributed by atoms with E-state index in [1.807, 2.05) is 60.4 Å². The van der Waals surface area contributed by atoms with E-state index in [-0.39, 0.29) is 11.7 Å². The van der Waals surface area contributed by atoms with Gasteiger partial charge in [-0.3, -0.25) is 4.79 Å². The van der Waals surface area contributed by atoms with Gasteiger partial charge in [0.1, 0.15) is 5.75 Å². The fourth-order valence-corrected chi connectivity index (χ4v) is 4.23. The Morgan fingerprint density at radius 3 is 2.78 bits per heavy atom. The Hall–Kier alpha value is -2.90. The maximum atomic E-state index is 12.9. The summed E-state index contributed by atoms with van der Waals surface area (Å²) in [6.45, 7) is 4.46. The third-order valence-electron chi connectivity index (χ3n) is 5.85. The van der Waals surface area contributed by atoms with Crippen LogP contribution >= 0.6 is 12.2 Å². The van der Waals surface area contributed by atoms with E-state index in [1.165, 1.54) is 0 Å². The molecular weight excluding hydrogens is 422 g/mol. The average Bonchev–Trinajstić information content (AvgIpc) is 3.32. The number of hydrogen-bond acceptors (Lipinski definition) is 4. The molecule has 0 amide bonds. The number of aryl methyl sites for hydroxylation is 1. The van der Waals surface area contributed by atoms with Crippen LogP contribution in [0.5, 0.6) is 5.75 Å². The number of hydrogen-bond donors (Lipinski definition) is 2. The lowest BCUT2D eigenvalue weighted by atomic mass is 10.1. The smallest absolute Gasteiger partial charge is 0.253 e. The molecule has 32 heavy (non-hydrogen) atoms. The molecule has 2 heterocycles. The van der Waals surface area contributed by atoms with Crippen LogP contribution in [0.4, 0.5) is 0 Å². The van der Waals surface area contributed by atoms with Crippen molar-refractivity contribution in [1.82, 2.24) is 15.2 Å². The number of rotatable bonds is 7. The first-order valence-corrected chi connectivity index (χ1v) is 11.3. The van der Waals surface area contributed by atoms with Gasteiger partial charge < -0.3 is 24.7 Å². The molecule has 2 aromatic carbocycles. The van der Waals surface area contributed by atoms with Crippen LogP contribution in [0, 0.1) is 6.92 Å². The van der Waals surface area contributed by atoms with Gasteiger partial charge in [0.15, 0.2) is 5.11 Å². The molecule has 3 aromatic rings. The molecule has 0 saturated carbocycles. The van der Waals surface area contributed by atoms with E-state index in [0.29, 0.717) is 30.3 Å². The molecule has 1 atom stereocenters. The second kappa shape index (κ2) is 10.1. The molecule has 0 bridgehead atoms.